The Balaban J connectivity index is 1.27. The third kappa shape index (κ3) is 6.35. The van der Waals surface area contributed by atoms with Crippen LogP contribution in [0.2, 0.25) is 10.0 Å². The number of anilines is 1. The highest BCUT2D eigenvalue weighted by molar-refractivity contribution is 6.36. The van der Waals surface area contributed by atoms with Crippen molar-refractivity contribution in [1.29, 1.82) is 0 Å². The minimum atomic E-state index is -2.07. The number of aliphatic carboxylic acids is 1. The van der Waals surface area contributed by atoms with Gasteiger partial charge < -0.3 is 40.2 Å². The fourth-order valence-electron chi connectivity index (χ4n) is 6.64. The Kier molecular flexibility index (Phi) is 9.62. The van der Waals surface area contributed by atoms with Crippen LogP contribution < -0.4 is 20.5 Å². The van der Waals surface area contributed by atoms with Gasteiger partial charge in [-0.2, -0.15) is 4.39 Å². The number of aromatic nitrogens is 2. The van der Waals surface area contributed by atoms with Crippen LogP contribution in [0.1, 0.15) is 51.2 Å². The van der Waals surface area contributed by atoms with Gasteiger partial charge in [0.2, 0.25) is 5.82 Å². The molecule has 0 radical (unpaired) electrons. The molecule has 4 aromatic rings. The highest BCUT2D eigenvalue weighted by atomic mass is 35.5. The zero-order chi connectivity index (χ0) is 35.2. The molecule has 6 rings (SSSR count). The molecule has 1 aromatic heterocycles. The predicted molar refractivity (Wildman–Crippen MR) is 183 cm³/mol. The van der Waals surface area contributed by atoms with E-state index in [2.05, 4.69) is 15.2 Å². The molecule has 1 unspecified atom stereocenters. The number of aliphatic hydroxyl groups excluding tert-OH is 1. The highest BCUT2D eigenvalue weighted by Crippen LogP contribution is 2.46. The van der Waals surface area contributed by atoms with E-state index < -0.39 is 36.5 Å². The lowest BCUT2D eigenvalue weighted by Gasteiger charge is -2.24. The SMILES string of the molecule is COc1c(C[C@](N)(CO)C(=O)O)cc(Cl)c(OC2CCc3c(-c4cccc(NC(=O)c5nc6c(n5C)CCN(C)C6)c4Cl)cccc32)c1F. The van der Waals surface area contributed by atoms with Gasteiger partial charge in [0.15, 0.2) is 17.3 Å². The van der Waals surface area contributed by atoms with E-state index in [1.807, 2.05) is 49.0 Å². The molecule has 2 aliphatic rings. The molecule has 0 fully saturated rings. The van der Waals surface area contributed by atoms with Gasteiger partial charge in [0.1, 0.15) is 11.6 Å². The Morgan fingerprint density at radius 1 is 1.14 bits per heavy atom. The summed E-state index contributed by atoms with van der Waals surface area (Å²) in [6, 6.07) is 12.5. The van der Waals surface area contributed by atoms with Crippen molar-refractivity contribution in [2.45, 2.75) is 43.9 Å². The van der Waals surface area contributed by atoms with Gasteiger partial charge in [0.05, 0.1) is 35.1 Å². The van der Waals surface area contributed by atoms with Gasteiger partial charge in [-0.25, -0.2) is 4.98 Å². The number of nitrogens with two attached hydrogens (primary N) is 1. The van der Waals surface area contributed by atoms with Crippen molar-refractivity contribution in [3.05, 3.63) is 92.2 Å². The maximum atomic E-state index is 15.8. The van der Waals surface area contributed by atoms with Crippen LogP contribution in [0.5, 0.6) is 11.5 Å². The lowest BCUT2D eigenvalue weighted by atomic mass is 9.92. The molecule has 2 atom stereocenters. The number of methoxy groups -OCH3 is 1. The molecule has 11 nitrogen and oxygen atoms in total. The molecule has 3 aromatic carbocycles. The van der Waals surface area contributed by atoms with E-state index in [1.165, 1.54) is 13.2 Å². The van der Waals surface area contributed by atoms with Crippen molar-refractivity contribution in [3.63, 3.8) is 0 Å². The predicted octanol–water partition coefficient (Wildman–Crippen LogP) is 5.17. The third-order valence-corrected chi connectivity index (χ3v) is 9.98. The molecule has 0 saturated carbocycles. The standard InChI is InChI=1S/C35H36Cl2FN5O6/c1-42-13-12-26-25(16-42)40-32(43(26)2)33(45)41-24-9-5-8-22(28(24)37)19-6-4-7-21-20(19)10-11-27(21)49-31-23(36)14-18(30(48-3)29(31)38)15-35(39,17-44)34(46)47/h4-9,14,27,44H,10-13,15-17,39H2,1-3H3,(H,41,45)(H,46,47)/t27?,35-/m0/s1. The second-order valence-corrected chi connectivity index (χ2v) is 13.3. The maximum absolute atomic E-state index is 15.8. The average molecular weight is 713 g/mol. The Morgan fingerprint density at radius 2 is 1.88 bits per heavy atom. The summed E-state index contributed by atoms with van der Waals surface area (Å²) in [5, 5.41) is 22.3. The third-order valence-electron chi connectivity index (χ3n) is 9.29. The summed E-state index contributed by atoms with van der Waals surface area (Å²) in [7, 11) is 5.11. The van der Waals surface area contributed by atoms with Crippen LogP contribution in [-0.2, 0) is 37.6 Å². The Hall–Kier alpha value is -4.20. The summed E-state index contributed by atoms with van der Waals surface area (Å²) in [5.41, 5.74) is 9.56. The molecule has 0 saturated heterocycles. The molecule has 14 heteroatoms. The number of hydrogen-bond donors (Lipinski definition) is 4. The number of amides is 1. The first-order valence-electron chi connectivity index (χ1n) is 15.7. The maximum Gasteiger partial charge on any atom is 0.326 e. The van der Waals surface area contributed by atoms with Gasteiger partial charge in [-0.05, 0) is 48.7 Å². The van der Waals surface area contributed by atoms with Gasteiger partial charge >= 0.3 is 5.97 Å². The summed E-state index contributed by atoms with van der Waals surface area (Å²) >= 11 is 13.4. The zero-order valence-electron chi connectivity index (χ0n) is 27.1. The number of nitrogens with zero attached hydrogens (tertiary/aromatic N) is 3. The molecule has 49 heavy (non-hydrogen) atoms. The monoisotopic (exact) mass is 711 g/mol. The van der Waals surface area contributed by atoms with E-state index >= 15 is 4.39 Å². The van der Waals surface area contributed by atoms with Crippen molar-refractivity contribution < 1.29 is 33.7 Å². The molecular weight excluding hydrogens is 676 g/mol. The lowest BCUT2D eigenvalue weighted by Crippen LogP contribution is -2.53. The van der Waals surface area contributed by atoms with Crippen LogP contribution in [0.25, 0.3) is 11.1 Å². The van der Waals surface area contributed by atoms with Crippen molar-refractivity contribution in [1.82, 2.24) is 14.5 Å². The lowest BCUT2D eigenvalue weighted by molar-refractivity contribution is -0.144. The second-order valence-electron chi connectivity index (χ2n) is 12.5. The molecule has 1 aliphatic carbocycles. The summed E-state index contributed by atoms with van der Waals surface area (Å²) in [5.74, 6) is -2.94. The number of rotatable bonds is 10. The molecule has 2 heterocycles. The van der Waals surface area contributed by atoms with Crippen LogP contribution >= 0.6 is 23.2 Å². The van der Waals surface area contributed by atoms with E-state index in [0.29, 0.717) is 41.5 Å². The van der Waals surface area contributed by atoms with Gasteiger partial charge in [-0.3, -0.25) is 9.59 Å². The number of carbonyl (C=O) groups is 2. The van der Waals surface area contributed by atoms with Crippen LogP contribution in [0.3, 0.4) is 0 Å². The number of carboxylic acid groups (broad SMARTS) is 1. The molecule has 0 spiro atoms. The summed E-state index contributed by atoms with van der Waals surface area (Å²) in [6.45, 7) is 0.695. The Labute approximate surface area is 292 Å². The zero-order valence-corrected chi connectivity index (χ0v) is 28.7. The van der Waals surface area contributed by atoms with Crippen LogP contribution in [0, 0.1) is 5.82 Å². The molecule has 5 N–H and O–H groups in total. The first-order chi connectivity index (χ1) is 23.4. The number of aliphatic hydroxyl groups is 1. The van der Waals surface area contributed by atoms with Crippen LogP contribution in [-0.4, -0.2) is 69.4 Å². The van der Waals surface area contributed by atoms with Crippen LogP contribution in [0.4, 0.5) is 10.1 Å². The van der Waals surface area contributed by atoms with Gasteiger partial charge in [-0.15, -0.1) is 0 Å². The fourth-order valence-corrected chi connectivity index (χ4v) is 7.18. The topological polar surface area (TPSA) is 152 Å². The van der Waals surface area contributed by atoms with Gasteiger partial charge in [0, 0.05) is 49.8 Å². The summed E-state index contributed by atoms with van der Waals surface area (Å²) in [6.07, 6.45) is 0.908. The van der Waals surface area contributed by atoms with E-state index in [4.69, 9.17) is 38.4 Å². The van der Waals surface area contributed by atoms with Gasteiger partial charge in [-0.1, -0.05) is 53.5 Å². The number of halogens is 3. The second kappa shape index (κ2) is 13.6. The smallest absolute Gasteiger partial charge is 0.326 e. The molecule has 1 aliphatic heterocycles. The molecule has 1 amide bonds. The van der Waals surface area contributed by atoms with Crippen molar-refractivity contribution in [2.24, 2.45) is 12.8 Å². The van der Waals surface area contributed by atoms with Crippen LogP contribution in [0.15, 0.2) is 42.5 Å². The quantitative estimate of drug-likeness (QED) is 0.175. The van der Waals surface area contributed by atoms with Crippen molar-refractivity contribution >= 4 is 40.8 Å². The normalized spacial score (nSPS) is 16.9. The minimum Gasteiger partial charge on any atom is -0.493 e. The first kappa shape index (κ1) is 34.7. The van der Waals surface area contributed by atoms with Crippen molar-refractivity contribution in [3.8, 4) is 22.6 Å². The number of carboxylic acids is 1. The van der Waals surface area contributed by atoms with Gasteiger partial charge in [0.25, 0.3) is 5.91 Å². The first-order valence-corrected chi connectivity index (χ1v) is 16.4. The number of ether oxygens (including phenoxy) is 2. The average Bonchev–Trinajstić information content (AvgIpc) is 3.64. The Morgan fingerprint density at radius 3 is 2.59 bits per heavy atom. The number of likely N-dealkylation sites (N-methyl/N-ethyl adjacent to an activating group) is 1. The molecule has 258 valence electrons. The number of carbonyl (C=O) groups excluding carboxylic acids is 1. The highest BCUT2D eigenvalue weighted by Gasteiger charge is 2.37. The van der Waals surface area contributed by atoms with E-state index in [1.54, 1.807) is 6.07 Å². The van der Waals surface area contributed by atoms with E-state index in [9.17, 15) is 19.8 Å². The molecule has 0 bridgehead atoms. The largest absolute Gasteiger partial charge is 0.493 e. The van der Waals surface area contributed by atoms with E-state index in [0.717, 1.165) is 41.0 Å². The number of hydrogen-bond acceptors (Lipinski definition) is 8. The summed E-state index contributed by atoms with van der Waals surface area (Å²) in [4.78, 5) is 31.8. The number of nitrogens with one attached hydrogen (secondary N) is 1. The fraction of sp³-hybridized carbons (Fsp3) is 0.343. The number of fused-ring (bicyclic) bond motifs is 2. The minimum absolute atomic E-state index is 0.0714. The number of benzene rings is 3. The molecular formula is C35H36Cl2FN5O6. The van der Waals surface area contributed by atoms with Crippen molar-refractivity contribution in [2.75, 3.05) is 32.6 Å². The number of imidazole rings is 1. The summed E-state index contributed by atoms with van der Waals surface area (Å²) < 4.78 is 29.1. The van der Waals surface area contributed by atoms with E-state index in [-0.39, 0.29) is 28.0 Å². The Bertz CT molecular complexity index is 1970.